The maximum Gasteiger partial charge on any atom is 0.409 e. The maximum atomic E-state index is 12.6. The van der Waals surface area contributed by atoms with Gasteiger partial charge in [-0.2, -0.15) is 0 Å². The Labute approximate surface area is 155 Å². The summed E-state index contributed by atoms with van der Waals surface area (Å²) in [4.78, 5) is 15.7. The summed E-state index contributed by atoms with van der Waals surface area (Å²) >= 11 is 0. The molecular weight excluding hydrogens is 354 g/mol. The van der Waals surface area contributed by atoms with Crippen molar-refractivity contribution in [2.75, 3.05) is 38.2 Å². The van der Waals surface area contributed by atoms with E-state index in [-0.39, 0.29) is 12.1 Å². The summed E-state index contributed by atoms with van der Waals surface area (Å²) in [6.07, 6.45) is 4.90. The molecule has 0 bridgehead atoms. The smallest absolute Gasteiger partial charge is 0.409 e. The minimum Gasteiger partial charge on any atom is -0.453 e. The molecule has 0 unspecified atom stereocenters. The highest BCUT2D eigenvalue weighted by Crippen LogP contribution is 2.22. The number of ether oxygens (including phenoxy) is 1. The van der Waals surface area contributed by atoms with Gasteiger partial charge >= 0.3 is 6.09 Å². The molecule has 1 saturated heterocycles. The molecule has 2 aliphatic rings. The average Bonchev–Trinajstić information content (AvgIpc) is 2.68. The first kappa shape index (κ1) is 19.0. The minimum absolute atomic E-state index is 0.0554. The summed E-state index contributed by atoms with van der Waals surface area (Å²) in [5.41, 5.74) is 0.964. The summed E-state index contributed by atoms with van der Waals surface area (Å²) in [7, 11) is -2.08. The number of benzene rings is 1. The first-order valence-electron chi connectivity index (χ1n) is 9.20. The number of carbonyl (C=O) groups excluding carboxylic acids is 1. The van der Waals surface area contributed by atoms with Crippen molar-refractivity contribution in [2.24, 2.45) is 0 Å². The molecule has 1 saturated carbocycles. The molecular formula is C18H27N3O4S. The summed E-state index contributed by atoms with van der Waals surface area (Å²) in [5, 5.41) is 0. The van der Waals surface area contributed by atoms with Crippen molar-refractivity contribution in [1.82, 2.24) is 9.62 Å². The molecule has 1 aromatic carbocycles. The molecule has 1 heterocycles. The largest absolute Gasteiger partial charge is 0.453 e. The molecule has 144 valence electrons. The lowest BCUT2D eigenvalue weighted by Gasteiger charge is -2.35. The molecule has 2 fully saturated rings. The van der Waals surface area contributed by atoms with Gasteiger partial charge in [0.2, 0.25) is 10.0 Å². The van der Waals surface area contributed by atoms with Gasteiger partial charge in [-0.05, 0) is 37.1 Å². The zero-order chi connectivity index (χ0) is 18.6. The van der Waals surface area contributed by atoms with E-state index < -0.39 is 10.0 Å². The fourth-order valence-corrected chi connectivity index (χ4v) is 4.93. The quantitative estimate of drug-likeness (QED) is 0.865. The minimum atomic E-state index is -3.47. The van der Waals surface area contributed by atoms with Gasteiger partial charge in [0, 0.05) is 37.9 Å². The molecule has 3 rings (SSSR count). The van der Waals surface area contributed by atoms with Crippen LogP contribution in [0.1, 0.15) is 32.1 Å². The SMILES string of the molecule is COC(=O)N1CCN(c2ccc(S(=O)(=O)NC3CCCCC3)cc2)CC1. The second kappa shape index (κ2) is 8.26. The second-order valence-corrected chi connectivity index (χ2v) is 8.61. The fourth-order valence-electron chi connectivity index (χ4n) is 3.62. The van der Waals surface area contributed by atoms with Gasteiger partial charge in [-0.15, -0.1) is 0 Å². The van der Waals surface area contributed by atoms with Crippen LogP contribution >= 0.6 is 0 Å². The van der Waals surface area contributed by atoms with E-state index in [9.17, 15) is 13.2 Å². The van der Waals surface area contributed by atoms with Crippen LogP contribution in [0.2, 0.25) is 0 Å². The molecule has 1 amide bonds. The standard InChI is InChI=1S/C18H27N3O4S/c1-25-18(22)21-13-11-20(12-14-21)16-7-9-17(10-8-16)26(23,24)19-15-5-3-2-4-6-15/h7-10,15,19H,2-6,11-14H2,1H3. The molecule has 8 heteroatoms. The van der Waals surface area contributed by atoms with Crippen LogP contribution in [0.15, 0.2) is 29.2 Å². The number of nitrogens with one attached hydrogen (secondary N) is 1. The fraction of sp³-hybridized carbons (Fsp3) is 0.611. The van der Waals surface area contributed by atoms with E-state index in [0.717, 1.165) is 31.4 Å². The molecule has 1 aliphatic carbocycles. The Kier molecular flexibility index (Phi) is 6.03. The van der Waals surface area contributed by atoms with Gasteiger partial charge in [0.05, 0.1) is 12.0 Å². The number of piperazine rings is 1. The lowest BCUT2D eigenvalue weighted by Crippen LogP contribution is -2.48. The van der Waals surface area contributed by atoms with Crippen molar-refractivity contribution in [3.05, 3.63) is 24.3 Å². The summed E-state index contributed by atoms with van der Waals surface area (Å²) in [6.45, 7) is 2.58. The van der Waals surface area contributed by atoms with Crippen molar-refractivity contribution >= 4 is 21.8 Å². The van der Waals surface area contributed by atoms with E-state index in [1.165, 1.54) is 13.5 Å². The molecule has 0 radical (unpaired) electrons. The first-order valence-corrected chi connectivity index (χ1v) is 10.7. The number of carbonyl (C=O) groups is 1. The number of amides is 1. The lowest BCUT2D eigenvalue weighted by molar-refractivity contribution is 0.121. The van der Waals surface area contributed by atoms with Crippen molar-refractivity contribution in [2.45, 2.75) is 43.0 Å². The highest BCUT2D eigenvalue weighted by molar-refractivity contribution is 7.89. The Balaban J connectivity index is 1.60. The zero-order valence-corrected chi connectivity index (χ0v) is 16.0. The van der Waals surface area contributed by atoms with Crippen LogP contribution in [0.3, 0.4) is 0 Å². The normalized spacial score (nSPS) is 19.4. The van der Waals surface area contributed by atoms with Gasteiger partial charge < -0.3 is 14.5 Å². The number of methoxy groups -OCH3 is 1. The molecule has 0 atom stereocenters. The number of hydrogen-bond donors (Lipinski definition) is 1. The molecule has 0 aromatic heterocycles. The van der Waals surface area contributed by atoms with Crippen molar-refractivity contribution < 1.29 is 17.9 Å². The van der Waals surface area contributed by atoms with Gasteiger partial charge in [-0.3, -0.25) is 0 Å². The third-order valence-electron chi connectivity index (χ3n) is 5.15. The topological polar surface area (TPSA) is 79.0 Å². The number of sulfonamides is 1. The lowest BCUT2D eigenvalue weighted by atomic mass is 9.96. The molecule has 26 heavy (non-hydrogen) atoms. The number of nitrogens with zero attached hydrogens (tertiary/aromatic N) is 2. The molecule has 1 aromatic rings. The van der Waals surface area contributed by atoms with Crippen molar-refractivity contribution in [1.29, 1.82) is 0 Å². The monoisotopic (exact) mass is 381 g/mol. The summed E-state index contributed by atoms with van der Waals surface area (Å²) in [5.74, 6) is 0. The predicted molar refractivity (Wildman–Crippen MR) is 99.8 cm³/mol. The molecule has 1 aliphatic heterocycles. The van der Waals surface area contributed by atoms with Gasteiger partial charge in [-0.25, -0.2) is 17.9 Å². The summed E-state index contributed by atoms with van der Waals surface area (Å²) < 4.78 is 32.7. The van der Waals surface area contributed by atoms with Crippen LogP contribution < -0.4 is 9.62 Å². The number of rotatable bonds is 4. The van der Waals surface area contributed by atoms with E-state index in [2.05, 4.69) is 9.62 Å². The van der Waals surface area contributed by atoms with Crippen molar-refractivity contribution in [3.8, 4) is 0 Å². The van der Waals surface area contributed by atoms with Gasteiger partial charge in [0.1, 0.15) is 0 Å². The Bertz CT molecular complexity index is 706. The third-order valence-corrected chi connectivity index (χ3v) is 6.69. The van der Waals surface area contributed by atoms with Gasteiger partial charge in [-0.1, -0.05) is 19.3 Å². The van der Waals surface area contributed by atoms with Gasteiger partial charge in [0.15, 0.2) is 0 Å². The Morgan fingerprint density at radius 2 is 1.65 bits per heavy atom. The van der Waals surface area contributed by atoms with Crippen molar-refractivity contribution in [3.63, 3.8) is 0 Å². The van der Waals surface area contributed by atoms with E-state index >= 15 is 0 Å². The third kappa shape index (κ3) is 4.48. The van der Waals surface area contributed by atoms with E-state index in [0.29, 0.717) is 31.1 Å². The van der Waals surface area contributed by atoms with Crippen LogP contribution in [0.25, 0.3) is 0 Å². The Morgan fingerprint density at radius 3 is 2.23 bits per heavy atom. The van der Waals surface area contributed by atoms with Crippen LogP contribution in [0.4, 0.5) is 10.5 Å². The maximum absolute atomic E-state index is 12.6. The zero-order valence-electron chi connectivity index (χ0n) is 15.2. The highest BCUT2D eigenvalue weighted by atomic mass is 32.2. The van der Waals surface area contributed by atoms with E-state index in [1.807, 2.05) is 12.1 Å². The molecule has 0 spiro atoms. The molecule has 1 N–H and O–H groups in total. The van der Waals surface area contributed by atoms with Gasteiger partial charge in [0.25, 0.3) is 0 Å². The van der Waals surface area contributed by atoms with Crippen LogP contribution in [-0.4, -0.2) is 58.7 Å². The molecule has 7 nitrogen and oxygen atoms in total. The summed E-state index contributed by atoms with van der Waals surface area (Å²) in [6, 6.07) is 7.05. The number of anilines is 1. The number of hydrogen-bond acceptors (Lipinski definition) is 5. The predicted octanol–water partition coefficient (Wildman–Crippen LogP) is 2.19. The second-order valence-electron chi connectivity index (χ2n) is 6.89. The van der Waals surface area contributed by atoms with Crippen LogP contribution in [0, 0.1) is 0 Å². The Hall–Kier alpha value is -1.80. The van der Waals surface area contributed by atoms with Crippen LogP contribution in [0.5, 0.6) is 0 Å². The van der Waals surface area contributed by atoms with E-state index in [1.54, 1.807) is 17.0 Å². The first-order chi connectivity index (χ1) is 12.5. The Morgan fingerprint density at radius 1 is 1.04 bits per heavy atom. The average molecular weight is 381 g/mol. The highest BCUT2D eigenvalue weighted by Gasteiger charge is 2.24. The van der Waals surface area contributed by atoms with Crippen LogP contribution in [-0.2, 0) is 14.8 Å². The van der Waals surface area contributed by atoms with E-state index in [4.69, 9.17) is 4.74 Å².